The van der Waals surface area contributed by atoms with Crippen molar-refractivity contribution < 1.29 is 63.2 Å². The van der Waals surface area contributed by atoms with E-state index >= 15 is 0 Å². The second-order valence-electron chi connectivity index (χ2n) is 19.8. The number of carbonyl (C=O) groups is 9. The van der Waals surface area contributed by atoms with E-state index in [1.165, 1.54) is 43.1 Å². The number of fused-ring (bicyclic) bond motifs is 2. The highest BCUT2D eigenvalue weighted by Crippen LogP contribution is 2.27. The number of cyclic esters (lactones) is 1. The van der Waals surface area contributed by atoms with Crippen molar-refractivity contribution in [1.82, 2.24) is 36.4 Å². The molecule has 2 aliphatic heterocycles. The minimum absolute atomic E-state index is 0.0000496. The number of nitrogens with one attached hydrogen (secondary N) is 5. The van der Waals surface area contributed by atoms with Crippen LogP contribution in [0.15, 0.2) is 54.6 Å². The lowest BCUT2D eigenvalue weighted by Crippen LogP contribution is -2.65. The molecule has 2 aromatic rings. The van der Waals surface area contributed by atoms with Crippen molar-refractivity contribution in [3.05, 3.63) is 65.7 Å². The Labute approximate surface area is 420 Å². The number of aromatic hydroxyl groups is 1. The standard InChI is InChI=1S/C51H74N8O13/c1-9-29(6)42-51(71)72-30(7)43(57-44(64)34(19-21-40(52)62)53-47(67)39(61)26-32-15-17-33(60)18-16-32)48(68)55-36(23-27(2)3)45(65)54-35-20-22-41(63)59(49(35)69)38(24-28(4)5)50(70)58(8)37(46(66)56-42)25-31-13-11-10-12-14-31/h10-18,27-30,34-39,41-43,60-61,63H,9,19-26H2,1-8H3,(H2,52,62)(H,53,67)(H,54,65)(H,55,68)(H,56,66)(H,57,64)/t29-,30+,34-,35-,36?,37-,38?,39+,41+,42-,43?/m0/s1. The normalized spacial score (nSPS) is 25.2. The van der Waals surface area contributed by atoms with Gasteiger partial charge in [0, 0.05) is 26.3 Å². The van der Waals surface area contributed by atoms with Crippen molar-refractivity contribution in [2.45, 2.75) is 167 Å². The number of esters is 1. The number of hydrogen-bond donors (Lipinski definition) is 9. The van der Waals surface area contributed by atoms with Crippen molar-refractivity contribution in [3.63, 3.8) is 0 Å². The molecule has 2 heterocycles. The fourth-order valence-electron chi connectivity index (χ4n) is 8.71. The molecule has 72 heavy (non-hydrogen) atoms. The van der Waals surface area contributed by atoms with Gasteiger partial charge < -0.3 is 62.2 Å². The quantitative estimate of drug-likeness (QED) is 0.0974. The van der Waals surface area contributed by atoms with Crippen LogP contribution < -0.4 is 32.3 Å². The Morgan fingerprint density at radius 2 is 1.44 bits per heavy atom. The Kier molecular flexibility index (Phi) is 21.5. The van der Waals surface area contributed by atoms with E-state index in [2.05, 4.69) is 26.6 Å². The molecule has 396 valence electrons. The molecule has 2 fully saturated rings. The summed E-state index contributed by atoms with van der Waals surface area (Å²) in [5.74, 6) is -9.14. The summed E-state index contributed by atoms with van der Waals surface area (Å²) in [7, 11) is 1.40. The summed E-state index contributed by atoms with van der Waals surface area (Å²) < 4.78 is 5.94. The van der Waals surface area contributed by atoms with E-state index < -0.39 is 133 Å². The first-order chi connectivity index (χ1) is 33.9. The number of nitrogens with two attached hydrogens (primary N) is 1. The molecule has 0 spiro atoms. The lowest BCUT2D eigenvalue weighted by Gasteiger charge is -2.43. The number of carbonyl (C=O) groups excluding carboxylic acids is 9. The monoisotopic (exact) mass is 1010 g/mol. The number of phenols is 1. The molecule has 0 aromatic heterocycles. The van der Waals surface area contributed by atoms with Crippen LogP contribution in [0.3, 0.4) is 0 Å². The molecule has 2 aliphatic rings. The van der Waals surface area contributed by atoms with Gasteiger partial charge in [-0.2, -0.15) is 0 Å². The molecule has 2 saturated heterocycles. The third-order valence-electron chi connectivity index (χ3n) is 13.0. The molecule has 21 nitrogen and oxygen atoms in total. The second kappa shape index (κ2) is 26.7. The molecule has 8 amide bonds. The number of piperidine rings is 1. The van der Waals surface area contributed by atoms with E-state index in [0.717, 1.165) is 4.90 Å². The first-order valence-corrected chi connectivity index (χ1v) is 24.7. The van der Waals surface area contributed by atoms with Gasteiger partial charge >= 0.3 is 5.97 Å². The number of aliphatic hydroxyl groups excluding tert-OH is 2. The summed E-state index contributed by atoms with van der Waals surface area (Å²) in [6.07, 6.45) is -5.52. The van der Waals surface area contributed by atoms with Crippen LogP contribution in [0, 0.1) is 17.8 Å². The van der Waals surface area contributed by atoms with Crippen LogP contribution in [-0.2, 0) is 60.7 Å². The Morgan fingerprint density at radius 3 is 2.04 bits per heavy atom. The molecular weight excluding hydrogens is 933 g/mol. The van der Waals surface area contributed by atoms with E-state index in [1.807, 2.05) is 13.8 Å². The number of benzene rings is 2. The molecule has 2 aromatic carbocycles. The molecule has 0 radical (unpaired) electrons. The van der Waals surface area contributed by atoms with Gasteiger partial charge in [0.2, 0.25) is 47.3 Å². The number of hydrogen-bond acceptors (Lipinski definition) is 13. The van der Waals surface area contributed by atoms with Gasteiger partial charge in [-0.3, -0.25) is 38.4 Å². The highest BCUT2D eigenvalue weighted by molar-refractivity contribution is 5.98. The average Bonchev–Trinajstić information content (AvgIpc) is 3.32. The third-order valence-corrected chi connectivity index (χ3v) is 13.0. The summed E-state index contributed by atoms with van der Waals surface area (Å²) in [4.78, 5) is 129. The van der Waals surface area contributed by atoms with Crippen molar-refractivity contribution >= 4 is 53.2 Å². The van der Waals surface area contributed by atoms with Gasteiger partial charge in [0.05, 0.1) is 0 Å². The highest BCUT2D eigenvalue weighted by atomic mass is 16.5. The fourth-order valence-corrected chi connectivity index (χ4v) is 8.71. The largest absolute Gasteiger partial charge is 0.508 e. The summed E-state index contributed by atoms with van der Waals surface area (Å²) in [5.41, 5.74) is 6.54. The first kappa shape index (κ1) is 58.0. The Morgan fingerprint density at radius 1 is 0.806 bits per heavy atom. The Balaban J connectivity index is 1.83. The SMILES string of the molecule is CC[C@H](C)[C@@H]1NC(=O)[C@H](Cc2ccccc2)N(C)C(=O)C(CC(C)C)N2C(=O)[C@H](CC[C@H]2O)NC(=O)C(CC(C)C)NC(=O)C(NC(=O)[C@H](CCC(N)=O)NC(=O)[C@H](O)Cc2ccc(O)cc2)[C@@H](C)OC1=O. The van der Waals surface area contributed by atoms with Crippen molar-refractivity contribution in [2.75, 3.05) is 7.05 Å². The maximum Gasteiger partial charge on any atom is 0.329 e. The predicted molar refractivity (Wildman–Crippen MR) is 262 cm³/mol. The minimum Gasteiger partial charge on any atom is -0.508 e. The Bertz CT molecular complexity index is 2230. The predicted octanol–water partition coefficient (Wildman–Crippen LogP) is 0.448. The molecule has 2 bridgehead atoms. The van der Waals surface area contributed by atoms with E-state index in [9.17, 15) is 58.5 Å². The number of likely N-dealkylation sites (N-methyl/N-ethyl adjacent to an activating group) is 1. The van der Waals surface area contributed by atoms with Crippen molar-refractivity contribution in [2.24, 2.45) is 23.5 Å². The van der Waals surface area contributed by atoms with Gasteiger partial charge in [0.15, 0.2) is 0 Å². The molecule has 4 rings (SSSR count). The third kappa shape index (κ3) is 16.2. The van der Waals surface area contributed by atoms with E-state index in [1.54, 1.807) is 58.0 Å². The second-order valence-corrected chi connectivity index (χ2v) is 19.8. The fraction of sp³-hybridized carbons (Fsp3) is 0.588. The highest BCUT2D eigenvalue weighted by Gasteiger charge is 2.46. The van der Waals surface area contributed by atoms with Crippen LogP contribution in [0.5, 0.6) is 5.75 Å². The molecule has 3 unspecified atom stereocenters. The average molecular weight is 1010 g/mol. The van der Waals surface area contributed by atoms with Crippen molar-refractivity contribution in [1.29, 1.82) is 0 Å². The molecular formula is C51H74N8O13. The molecule has 10 N–H and O–H groups in total. The number of nitrogens with zero attached hydrogens (tertiary/aromatic N) is 2. The Hall–Kier alpha value is -6.61. The minimum atomic E-state index is -1.83. The van der Waals surface area contributed by atoms with Crippen LogP contribution in [0.25, 0.3) is 0 Å². The van der Waals surface area contributed by atoms with Gasteiger partial charge in [-0.1, -0.05) is 90.4 Å². The van der Waals surface area contributed by atoms with Gasteiger partial charge in [-0.05, 0) is 80.0 Å². The van der Waals surface area contributed by atoms with Gasteiger partial charge in [-0.25, -0.2) is 4.79 Å². The van der Waals surface area contributed by atoms with Crippen LogP contribution in [0.4, 0.5) is 0 Å². The molecule has 11 atom stereocenters. The van der Waals surface area contributed by atoms with Crippen LogP contribution in [0.1, 0.15) is 105 Å². The van der Waals surface area contributed by atoms with Gasteiger partial charge in [0.25, 0.3) is 0 Å². The number of primary amides is 1. The number of ether oxygens (including phenoxy) is 1. The number of phenolic OH excluding ortho intramolecular Hbond substituents is 1. The summed E-state index contributed by atoms with van der Waals surface area (Å²) in [6, 6.07) is 4.42. The summed E-state index contributed by atoms with van der Waals surface area (Å²) in [5, 5.41) is 45.0. The zero-order valence-corrected chi connectivity index (χ0v) is 42.5. The zero-order valence-electron chi connectivity index (χ0n) is 42.5. The number of amides is 8. The van der Waals surface area contributed by atoms with Crippen LogP contribution >= 0.6 is 0 Å². The number of aliphatic hydroxyl groups is 2. The van der Waals surface area contributed by atoms with E-state index in [4.69, 9.17) is 10.5 Å². The van der Waals surface area contributed by atoms with Crippen LogP contribution in [0.2, 0.25) is 0 Å². The maximum absolute atomic E-state index is 14.8. The van der Waals surface area contributed by atoms with Crippen molar-refractivity contribution in [3.8, 4) is 5.75 Å². The zero-order chi connectivity index (χ0) is 53.6. The molecule has 0 saturated carbocycles. The summed E-state index contributed by atoms with van der Waals surface area (Å²) in [6.45, 7) is 11.9. The molecule has 21 heteroatoms. The van der Waals surface area contributed by atoms with Gasteiger partial charge in [-0.15, -0.1) is 0 Å². The van der Waals surface area contributed by atoms with Gasteiger partial charge in [0.1, 0.15) is 66.5 Å². The topological polar surface area (TPSA) is 316 Å². The smallest absolute Gasteiger partial charge is 0.329 e. The van der Waals surface area contributed by atoms with Crippen LogP contribution in [-0.4, -0.2) is 146 Å². The van der Waals surface area contributed by atoms with E-state index in [0.29, 0.717) is 17.5 Å². The maximum atomic E-state index is 14.8. The molecule has 0 aliphatic carbocycles. The lowest BCUT2D eigenvalue weighted by molar-refractivity contribution is -0.166. The van der Waals surface area contributed by atoms with E-state index in [-0.39, 0.29) is 56.1 Å². The summed E-state index contributed by atoms with van der Waals surface area (Å²) >= 11 is 0. The number of rotatable bonds is 17. The lowest BCUT2D eigenvalue weighted by atomic mass is 9.94. The first-order valence-electron chi connectivity index (χ1n) is 24.7.